The molecule has 0 unspecified atom stereocenters. The number of hydrogen-bond acceptors (Lipinski definition) is 13. The largest absolute Gasteiger partial charge is 0.481 e. The third kappa shape index (κ3) is 12.2. The Balaban J connectivity index is 0.000000126. The third-order valence-electron chi connectivity index (χ3n) is 20.2. The quantitative estimate of drug-likeness (QED) is 0.150. The summed E-state index contributed by atoms with van der Waals surface area (Å²) in [4.78, 5) is 62.7. The maximum atomic E-state index is 13.2. The van der Waals surface area contributed by atoms with Crippen LogP contribution in [0.25, 0.3) is 54.9 Å². The fourth-order valence-electron chi connectivity index (χ4n) is 15.1. The normalized spacial score (nSPS) is 16.8. The van der Waals surface area contributed by atoms with E-state index in [9.17, 15) is 14.4 Å². The second-order valence-corrected chi connectivity index (χ2v) is 27.5. The van der Waals surface area contributed by atoms with Crippen molar-refractivity contribution in [1.82, 2.24) is 88.3 Å². The molecule has 7 aliphatic rings. The number of carbonyl (C=O) groups excluding carboxylic acids is 3. The minimum atomic E-state index is 0.0525. The smallest absolute Gasteiger partial charge is 0.260 e. The zero-order chi connectivity index (χ0) is 68.5. The summed E-state index contributed by atoms with van der Waals surface area (Å²) in [7, 11) is 9.03. The van der Waals surface area contributed by atoms with Crippen molar-refractivity contribution in [2.45, 2.75) is 170 Å². The van der Waals surface area contributed by atoms with Crippen LogP contribution < -0.4 is 4.74 Å². The first kappa shape index (κ1) is 64.9. The van der Waals surface area contributed by atoms with E-state index in [1.807, 2.05) is 90.4 Å². The van der Waals surface area contributed by atoms with Gasteiger partial charge in [-0.15, -0.1) is 5.10 Å². The molecule has 0 atom stereocenters. The first-order valence-electron chi connectivity index (χ1n) is 34.4. The molecule has 0 aromatic carbocycles. The summed E-state index contributed by atoms with van der Waals surface area (Å²) < 4.78 is 16.9. The Morgan fingerprint density at radius 1 is 0.571 bits per heavy atom. The maximum absolute atomic E-state index is 13.2. The van der Waals surface area contributed by atoms with Crippen molar-refractivity contribution < 1.29 is 19.1 Å². The van der Waals surface area contributed by atoms with Crippen LogP contribution >= 0.6 is 0 Å². The second-order valence-electron chi connectivity index (χ2n) is 27.5. The zero-order valence-corrected chi connectivity index (χ0v) is 58.4. The fraction of sp³-hybridized carbons (Fsp3) is 0.427. The third-order valence-corrected chi connectivity index (χ3v) is 20.2. The van der Waals surface area contributed by atoms with Crippen molar-refractivity contribution in [3.8, 4) is 39.3 Å². The van der Waals surface area contributed by atoms with Gasteiger partial charge in [0.1, 0.15) is 5.69 Å². The average Bonchev–Trinajstić information content (AvgIpc) is 1.66. The molecule has 16 rings (SSSR count). The SMILES string of the molecule is CCN1Cc2nn(C)cc2-c2cnc3c(c2)C(=CC3)c2cn(nc2C2CC2)CCCC1=O.COc1c2c(nn1C)CN(C(C)C)C(=O)CCCn1cc(c(C)n1)C1=C(C)Cc3ncc-2cc31.[C-]#[N+]c1c2c(nn1C)CN(C)C(=O)CCCn1cc(c(C)n1)C1=C(C)Cc3ncc-2cc31. The van der Waals surface area contributed by atoms with Crippen LogP contribution in [0.5, 0.6) is 5.88 Å². The molecule has 23 nitrogen and oxygen atoms in total. The highest BCUT2D eigenvalue weighted by Gasteiger charge is 2.35. The Bertz CT molecular complexity index is 4850. The summed E-state index contributed by atoms with van der Waals surface area (Å²) in [6, 6.07) is 6.64. The Hall–Kier alpha value is -10.4. The summed E-state index contributed by atoms with van der Waals surface area (Å²) in [5, 5.41) is 28.5. The lowest BCUT2D eigenvalue weighted by molar-refractivity contribution is -0.134. The van der Waals surface area contributed by atoms with Gasteiger partial charge in [-0.3, -0.25) is 48.1 Å². The molecular formula is C75H85N19O4. The predicted molar refractivity (Wildman–Crippen MR) is 373 cm³/mol. The van der Waals surface area contributed by atoms with Crippen molar-refractivity contribution in [3.05, 3.63) is 175 Å². The van der Waals surface area contributed by atoms with E-state index in [2.05, 4.69) is 78.3 Å². The molecule has 3 aliphatic heterocycles. The van der Waals surface area contributed by atoms with Crippen molar-refractivity contribution in [3.63, 3.8) is 0 Å². The topological polar surface area (TPSA) is 220 Å². The molecular weight excluding hydrogens is 1230 g/mol. The van der Waals surface area contributed by atoms with Gasteiger partial charge in [0.2, 0.25) is 23.6 Å². The number of carbonyl (C=O) groups is 3. The minimum Gasteiger partial charge on any atom is -0.481 e. The highest BCUT2D eigenvalue weighted by molar-refractivity contribution is 5.92. The van der Waals surface area contributed by atoms with Crippen molar-refractivity contribution >= 4 is 40.3 Å². The molecule has 9 aromatic rings. The van der Waals surface area contributed by atoms with Gasteiger partial charge in [-0.25, -0.2) is 9.36 Å². The molecule has 1 fully saturated rings. The highest BCUT2D eigenvalue weighted by atomic mass is 16.5. The Morgan fingerprint density at radius 2 is 1.12 bits per heavy atom. The number of methoxy groups -OCH3 is 1. The van der Waals surface area contributed by atoms with E-state index in [-0.39, 0.29) is 23.8 Å². The van der Waals surface area contributed by atoms with E-state index in [1.165, 1.54) is 57.5 Å². The van der Waals surface area contributed by atoms with E-state index in [0.717, 1.165) is 134 Å². The number of nitrogens with zero attached hydrogens (tertiary/aromatic N) is 19. The van der Waals surface area contributed by atoms with Gasteiger partial charge in [0.05, 0.1) is 84.9 Å². The van der Waals surface area contributed by atoms with Crippen LogP contribution in [0.15, 0.2) is 78.8 Å². The Morgan fingerprint density at radius 3 is 1.72 bits per heavy atom. The first-order valence-corrected chi connectivity index (χ1v) is 34.4. The van der Waals surface area contributed by atoms with Gasteiger partial charge in [-0.2, -0.15) is 25.5 Å². The fourth-order valence-corrected chi connectivity index (χ4v) is 15.1. The molecule has 0 N–H and O–H groups in total. The number of aryl methyl sites for hydroxylation is 8. The summed E-state index contributed by atoms with van der Waals surface area (Å²) in [5.74, 6) is 2.03. The van der Waals surface area contributed by atoms with Gasteiger partial charge in [0.25, 0.3) is 5.82 Å². The standard InChI is InChI=1S/C26H32N6O2.C25H28N6O.C24H25N7O/c1-15(2)32-14-22-25(26(34-6)30(5)29-22)18-11-19-21(27-12-18)10-16(3)24(19)20-13-31(28-17(20)4)9-7-8-23(32)33;1-3-30-15-23-20(13-29(2)27-23)17-11-19-18(8-9-22(19)26-12-17)21-14-31(10-4-5-24(30)32)28-25(21)16-6-7-16;1-14-9-19-17-10-16(11-26-19)23-20(28-30(5)24(23)25-3)13-29(4)21(32)7-6-8-31-12-18(22(14)17)15(2)27-31/h11-13,15H,7-10,14H2,1-6H3;8,11-14,16H,3-7,9-10,15H2,1-2H3;10-12H,6-9,13H2,1-2,4-5H3. The van der Waals surface area contributed by atoms with Crippen LogP contribution in [0.3, 0.4) is 0 Å². The second kappa shape index (κ2) is 26.2. The molecule has 0 radical (unpaired) electrons. The molecule has 12 bridgehead atoms. The van der Waals surface area contributed by atoms with Crippen LogP contribution in [0, 0.1) is 20.4 Å². The van der Waals surface area contributed by atoms with Gasteiger partial charge in [0.15, 0.2) is 0 Å². The van der Waals surface area contributed by atoms with Crippen LogP contribution in [-0.4, -0.2) is 133 Å². The first-order chi connectivity index (χ1) is 47.2. The van der Waals surface area contributed by atoms with Gasteiger partial charge >= 0.3 is 0 Å². The molecule has 98 heavy (non-hydrogen) atoms. The van der Waals surface area contributed by atoms with E-state index < -0.39 is 0 Å². The van der Waals surface area contributed by atoms with Crippen LogP contribution in [-0.2, 0) is 94.1 Å². The van der Waals surface area contributed by atoms with Gasteiger partial charge < -0.3 is 24.3 Å². The molecule has 0 saturated heterocycles. The number of aromatic nitrogens is 15. The molecule has 12 heterocycles. The van der Waals surface area contributed by atoms with Crippen molar-refractivity contribution in [2.75, 3.05) is 20.7 Å². The Labute approximate surface area is 571 Å². The van der Waals surface area contributed by atoms with Gasteiger partial charge in [0, 0.05) is 197 Å². The number of fused-ring (bicyclic) bond motifs is 18. The van der Waals surface area contributed by atoms with Crippen LogP contribution in [0.1, 0.15) is 177 Å². The summed E-state index contributed by atoms with van der Waals surface area (Å²) in [6.45, 7) is 26.4. The van der Waals surface area contributed by atoms with Crippen LogP contribution in [0.2, 0.25) is 0 Å². The predicted octanol–water partition coefficient (Wildman–Crippen LogP) is 11.3. The molecule has 23 heteroatoms. The van der Waals surface area contributed by atoms with Gasteiger partial charge in [-0.1, -0.05) is 23.8 Å². The monoisotopic (exact) mass is 1320 g/mol. The minimum absolute atomic E-state index is 0.0525. The average molecular weight is 1320 g/mol. The number of rotatable bonds is 4. The van der Waals surface area contributed by atoms with E-state index in [1.54, 1.807) is 35.5 Å². The number of hydrogen-bond donors (Lipinski definition) is 0. The van der Waals surface area contributed by atoms with Gasteiger partial charge in [-0.05, 0) is 121 Å². The summed E-state index contributed by atoms with van der Waals surface area (Å²) in [5.41, 5.74) is 27.6. The lowest BCUT2D eigenvalue weighted by atomic mass is 9.97. The van der Waals surface area contributed by atoms with Crippen LogP contribution in [0.4, 0.5) is 5.82 Å². The van der Waals surface area contributed by atoms with Crippen molar-refractivity contribution in [1.29, 1.82) is 0 Å². The van der Waals surface area contributed by atoms with E-state index in [4.69, 9.17) is 51.8 Å². The molecule has 4 aliphatic carbocycles. The molecule has 3 amide bonds. The molecule has 9 aromatic heterocycles. The molecule has 504 valence electrons. The number of amides is 3. The lowest BCUT2D eigenvalue weighted by Crippen LogP contribution is -2.36. The zero-order valence-electron chi connectivity index (χ0n) is 58.4. The van der Waals surface area contributed by atoms with E-state index >= 15 is 0 Å². The number of pyridine rings is 3. The van der Waals surface area contributed by atoms with Crippen molar-refractivity contribution in [2.24, 2.45) is 21.1 Å². The summed E-state index contributed by atoms with van der Waals surface area (Å²) in [6.07, 6.45) is 25.0. The number of ether oxygens (including phenoxy) is 1. The number of allylic oxidation sites excluding steroid dienone is 3. The lowest BCUT2D eigenvalue weighted by Gasteiger charge is -2.26. The highest BCUT2D eigenvalue weighted by Crippen LogP contribution is 2.47. The molecule has 0 spiro atoms. The summed E-state index contributed by atoms with van der Waals surface area (Å²) >= 11 is 0. The molecule has 1 saturated carbocycles. The Kier molecular flexibility index (Phi) is 17.4. The maximum Gasteiger partial charge on any atom is 0.260 e. The van der Waals surface area contributed by atoms with E-state index in [0.29, 0.717) is 88.3 Å².